The van der Waals surface area contributed by atoms with E-state index in [2.05, 4.69) is 0 Å². The van der Waals surface area contributed by atoms with Gasteiger partial charge in [0.2, 0.25) is 0 Å². The van der Waals surface area contributed by atoms with Gasteiger partial charge < -0.3 is 10.5 Å². The fourth-order valence-electron chi connectivity index (χ4n) is 2.25. The summed E-state index contributed by atoms with van der Waals surface area (Å²) in [5, 5.41) is 0. The van der Waals surface area contributed by atoms with E-state index < -0.39 is 21.8 Å². The van der Waals surface area contributed by atoms with Crippen LogP contribution in [0.25, 0.3) is 0 Å². The van der Waals surface area contributed by atoms with Crippen molar-refractivity contribution >= 4 is 9.84 Å². The molecule has 1 fully saturated rings. The number of rotatable bonds is 5. The standard InChI is InChI=1S/C14H20FNO3S/c1-2-11(16)7-10-3-4-14(13(15)8-10)19-12-5-6-20(17,18)9-12/h3-4,8,11-12H,2,5-7,9,16H2,1H3. The van der Waals surface area contributed by atoms with E-state index in [0.717, 1.165) is 12.0 Å². The molecule has 1 saturated heterocycles. The van der Waals surface area contributed by atoms with Gasteiger partial charge in [0.15, 0.2) is 21.4 Å². The third-order valence-corrected chi connectivity index (χ3v) is 5.24. The quantitative estimate of drug-likeness (QED) is 0.898. The lowest BCUT2D eigenvalue weighted by molar-refractivity contribution is 0.218. The number of ether oxygens (including phenoxy) is 1. The molecule has 6 heteroatoms. The molecular weight excluding hydrogens is 281 g/mol. The monoisotopic (exact) mass is 301 g/mol. The molecule has 0 radical (unpaired) electrons. The first kappa shape index (κ1) is 15.3. The number of halogens is 1. The van der Waals surface area contributed by atoms with Gasteiger partial charge in [-0.1, -0.05) is 13.0 Å². The maximum absolute atomic E-state index is 13.9. The van der Waals surface area contributed by atoms with Crippen molar-refractivity contribution in [1.29, 1.82) is 0 Å². The van der Waals surface area contributed by atoms with E-state index in [1.54, 1.807) is 12.1 Å². The molecule has 1 aliphatic heterocycles. The van der Waals surface area contributed by atoms with Crippen LogP contribution < -0.4 is 10.5 Å². The van der Waals surface area contributed by atoms with Crippen molar-refractivity contribution in [2.24, 2.45) is 5.73 Å². The zero-order chi connectivity index (χ0) is 14.8. The molecule has 2 rings (SSSR count). The van der Waals surface area contributed by atoms with Crippen LogP contribution in [0, 0.1) is 5.82 Å². The van der Waals surface area contributed by atoms with E-state index in [9.17, 15) is 12.8 Å². The molecule has 1 aromatic rings. The van der Waals surface area contributed by atoms with Gasteiger partial charge in [0.25, 0.3) is 0 Å². The molecule has 0 aromatic heterocycles. The third-order valence-electron chi connectivity index (χ3n) is 3.50. The minimum atomic E-state index is -3.02. The Bertz CT molecular complexity index is 574. The van der Waals surface area contributed by atoms with Gasteiger partial charge in [-0.2, -0.15) is 0 Å². The van der Waals surface area contributed by atoms with Crippen LogP contribution in [0.15, 0.2) is 18.2 Å². The SMILES string of the molecule is CCC(N)Cc1ccc(OC2CCS(=O)(=O)C2)c(F)c1. The lowest BCUT2D eigenvalue weighted by atomic mass is 10.0. The van der Waals surface area contributed by atoms with Gasteiger partial charge in [-0.25, -0.2) is 12.8 Å². The summed E-state index contributed by atoms with van der Waals surface area (Å²) in [5.41, 5.74) is 6.66. The Morgan fingerprint density at radius 1 is 1.50 bits per heavy atom. The van der Waals surface area contributed by atoms with Crippen LogP contribution >= 0.6 is 0 Å². The number of hydrogen-bond acceptors (Lipinski definition) is 4. The van der Waals surface area contributed by atoms with Crippen LogP contribution in [-0.2, 0) is 16.3 Å². The molecule has 1 heterocycles. The molecule has 2 N–H and O–H groups in total. The molecule has 1 aliphatic rings. The highest BCUT2D eigenvalue weighted by Crippen LogP contribution is 2.24. The summed E-state index contributed by atoms with van der Waals surface area (Å²) in [6, 6.07) is 4.75. The Balaban J connectivity index is 2.03. The molecule has 20 heavy (non-hydrogen) atoms. The first-order chi connectivity index (χ1) is 9.39. The second-order valence-corrected chi connectivity index (χ2v) is 7.51. The zero-order valence-corrected chi connectivity index (χ0v) is 12.3. The average Bonchev–Trinajstić information content (AvgIpc) is 2.72. The molecule has 0 spiro atoms. The Hall–Kier alpha value is -1.14. The van der Waals surface area contributed by atoms with Crippen LogP contribution in [0.4, 0.5) is 4.39 Å². The summed E-state index contributed by atoms with van der Waals surface area (Å²) in [5.74, 6) is -0.270. The first-order valence-corrected chi connectivity index (χ1v) is 8.63. The second-order valence-electron chi connectivity index (χ2n) is 5.28. The Labute approximate surface area is 119 Å². The van der Waals surface area contributed by atoms with E-state index in [4.69, 9.17) is 10.5 Å². The molecule has 4 nitrogen and oxygen atoms in total. The van der Waals surface area contributed by atoms with Gasteiger partial charge in [0.05, 0.1) is 11.5 Å². The summed E-state index contributed by atoms with van der Waals surface area (Å²) in [6.07, 6.45) is 1.42. The Kier molecular flexibility index (Phi) is 4.65. The van der Waals surface area contributed by atoms with Crippen molar-refractivity contribution in [3.63, 3.8) is 0 Å². The topological polar surface area (TPSA) is 69.4 Å². The average molecular weight is 301 g/mol. The summed E-state index contributed by atoms with van der Waals surface area (Å²) >= 11 is 0. The first-order valence-electron chi connectivity index (χ1n) is 6.80. The van der Waals surface area contributed by atoms with Gasteiger partial charge >= 0.3 is 0 Å². The smallest absolute Gasteiger partial charge is 0.165 e. The minimum Gasteiger partial charge on any atom is -0.486 e. The van der Waals surface area contributed by atoms with Crippen LogP contribution in [0.1, 0.15) is 25.3 Å². The maximum atomic E-state index is 13.9. The third kappa shape index (κ3) is 3.93. The number of hydrogen-bond donors (Lipinski definition) is 1. The van der Waals surface area contributed by atoms with E-state index in [1.807, 2.05) is 6.92 Å². The highest BCUT2D eigenvalue weighted by molar-refractivity contribution is 7.91. The Morgan fingerprint density at radius 2 is 2.25 bits per heavy atom. The van der Waals surface area contributed by atoms with Crippen LogP contribution in [0.3, 0.4) is 0 Å². The van der Waals surface area contributed by atoms with Gasteiger partial charge in [-0.3, -0.25) is 0 Å². The molecular formula is C14H20FNO3S. The van der Waals surface area contributed by atoms with Gasteiger partial charge in [0.1, 0.15) is 6.10 Å². The number of benzene rings is 1. The molecule has 0 bridgehead atoms. The molecule has 2 unspecified atom stereocenters. The predicted octanol–water partition coefficient (Wildman–Crippen LogP) is 1.67. The van der Waals surface area contributed by atoms with Crippen molar-refractivity contribution in [2.45, 2.75) is 38.3 Å². The van der Waals surface area contributed by atoms with E-state index in [0.29, 0.717) is 12.8 Å². The highest BCUT2D eigenvalue weighted by atomic mass is 32.2. The second kappa shape index (κ2) is 6.10. The van der Waals surface area contributed by atoms with Crippen LogP contribution in [0.5, 0.6) is 5.75 Å². The minimum absolute atomic E-state index is 0.0149. The van der Waals surface area contributed by atoms with Crippen molar-refractivity contribution < 1.29 is 17.5 Å². The molecule has 0 aliphatic carbocycles. The van der Waals surface area contributed by atoms with Gasteiger partial charge in [-0.05, 0) is 37.0 Å². The predicted molar refractivity (Wildman–Crippen MR) is 76.1 cm³/mol. The van der Waals surface area contributed by atoms with E-state index in [-0.39, 0.29) is 23.3 Å². The highest BCUT2D eigenvalue weighted by Gasteiger charge is 2.29. The maximum Gasteiger partial charge on any atom is 0.165 e. The fourth-order valence-corrected chi connectivity index (χ4v) is 3.84. The lowest BCUT2D eigenvalue weighted by Gasteiger charge is -2.14. The lowest BCUT2D eigenvalue weighted by Crippen LogP contribution is -2.21. The summed E-state index contributed by atoms with van der Waals surface area (Å²) in [6.45, 7) is 1.99. The van der Waals surface area contributed by atoms with Crippen molar-refractivity contribution in [1.82, 2.24) is 0 Å². The number of sulfone groups is 1. The van der Waals surface area contributed by atoms with Crippen molar-refractivity contribution in [2.75, 3.05) is 11.5 Å². The molecule has 112 valence electrons. The summed E-state index contributed by atoms with van der Waals surface area (Å²) in [7, 11) is -3.02. The molecule has 2 atom stereocenters. The largest absolute Gasteiger partial charge is 0.486 e. The van der Waals surface area contributed by atoms with Crippen LogP contribution in [0.2, 0.25) is 0 Å². The fraction of sp³-hybridized carbons (Fsp3) is 0.571. The number of nitrogens with two attached hydrogens (primary N) is 1. The van der Waals surface area contributed by atoms with Crippen molar-refractivity contribution in [3.8, 4) is 5.75 Å². The summed E-state index contributed by atoms with van der Waals surface area (Å²) in [4.78, 5) is 0. The van der Waals surface area contributed by atoms with Crippen molar-refractivity contribution in [3.05, 3.63) is 29.6 Å². The van der Waals surface area contributed by atoms with E-state index >= 15 is 0 Å². The molecule has 1 aromatic carbocycles. The molecule has 0 saturated carbocycles. The van der Waals surface area contributed by atoms with E-state index in [1.165, 1.54) is 6.07 Å². The van der Waals surface area contributed by atoms with Gasteiger partial charge in [0, 0.05) is 6.04 Å². The van der Waals surface area contributed by atoms with Crippen LogP contribution in [-0.4, -0.2) is 32.1 Å². The summed E-state index contributed by atoms with van der Waals surface area (Å²) < 4.78 is 42.1. The zero-order valence-electron chi connectivity index (χ0n) is 11.5. The normalized spacial score (nSPS) is 22.6. The molecule has 0 amide bonds. The Morgan fingerprint density at radius 3 is 2.80 bits per heavy atom. The van der Waals surface area contributed by atoms with Gasteiger partial charge in [-0.15, -0.1) is 0 Å².